The number of nitro groups is 1. The Kier molecular flexibility index (Phi) is 3.92. The number of rotatable bonds is 2. The van der Waals surface area contributed by atoms with Gasteiger partial charge in [-0.05, 0) is 31.2 Å². The Bertz CT molecular complexity index is 1060. The second-order valence-electron chi connectivity index (χ2n) is 6.48. The summed E-state index contributed by atoms with van der Waals surface area (Å²) >= 11 is 6.12. The molecule has 1 amide bonds. The van der Waals surface area contributed by atoms with Crippen LogP contribution in [0.25, 0.3) is 10.9 Å². The molecule has 1 N–H and O–H groups in total. The Morgan fingerprint density at radius 2 is 2.12 bits per heavy atom. The lowest BCUT2D eigenvalue weighted by Gasteiger charge is -2.27. The maximum atomic E-state index is 13.0. The molecule has 0 radical (unpaired) electrons. The van der Waals surface area contributed by atoms with Gasteiger partial charge in [0.2, 0.25) is 0 Å². The molecule has 0 atom stereocenters. The van der Waals surface area contributed by atoms with Gasteiger partial charge in [-0.25, -0.2) is 0 Å². The van der Waals surface area contributed by atoms with E-state index in [1.165, 1.54) is 6.07 Å². The summed E-state index contributed by atoms with van der Waals surface area (Å²) in [6.07, 6.45) is 0.674. The van der Waals surface area contributed by atoms with Crippen LogP contribution in [-0.2, 0) is 13.0 Å². The fraction of sp³-hybridized carbons (Fsp3) is 0.211. The minimum absolute atomic E-state index is 0.120. The normalized spacial score (nSPS) is 13.7. The van der Waals surface area contributed by atoms with Gasteiger partial charge in [-0.1, -0.05) is 23.7 Å². The maximum absolute atomic E-state index is 13.0. The van der Waals surface area contributed by atoms with Gasteiger partial charge >= 0.3 is 0 Å². The Balaban J connectivity index is 1.73. The third kappa shape index (κ3) is 2.63. The molecule has 3 aromatic rings. The first kappa shape index (κ1) is 16.6. The summed E-state index contributed by atoms with van der Waals surface area (Å²) in [6.45, 7) is 2.56. The SMILES string of the molecule is Cc1cccc(C(=O)N2CCc3[nH]c4ccc(Cl)cc4c3C2)c1[N+](=O)[O-]. The third-order valence-electron chi connectivity index (χ3n) is 4.88. The molecule has 0 bridgehead atoms. The van der Waals surface area contributed by atoms with Gasteiger partial charge < -0.3 is 9.88 Å². The topological polar surface area (TPSA) is 79.2 Å². The van der Waals surface area contributed by atoms with Crippen LogP contribution in [0.5, 0.6) is 0 Å². The minimum atomic E-state index is -0.483. The molecule has 1 aliphatic heterocycles. The zero-order valence-corrected chi connectivity index (χ0v) is 14.8. The van der Waals surface area contributed by atoms with E-state index in [0.29, 0.717) is 30.1 Å². The van der Waals surface area contributed by atoms with Crippen molar-refractivity contribution in [2.45, 2.75) is 19.9 Å². The predicted octanol–water partition coefficient (Wildman–Crippen LogP) is 4.24. The van der Waals surface area contributed by atoms with Crippen LogP contribution >= 0.6 is 11.6 Å². The van der Waals surface area contributed by atoms with Crippen molar-refractivity contribution in [3.05, 3.63) is 73.9 Å². The molecular formula is C19H16ClN3O3. The van der Waals surface area contributed by atoms with Gasteiger partial charge in [0.25, 0.3) is 11.6 Å². The van der Waals surface area contributed by atoms with E-state index in [1.54, 1.807) is 24.0 Å². The molecule has 0 aliphatic carbocycles. The van der Waals surface area contributed by atoms with Gasteiger partial charge in [0.1, 0.15) is 5.56 Å². The quantitative estimate of drug-likeness (QED) is 0.542. The summed E-state index contributed by atoms with van der Waals surface area (Å²) in [4.78, 5) is 29.0. The van der Waals surface area contributed by atoms with E-state index in [4.69, 9.17) is 11.6 Å². The van der Waals surface area contributed by atoms with Crippen LogP contribution in [0.15, 0.2) is 36.4 Å². The van der Waals surface area contributed by atoms with E-state index in [1.807, 2.05) is 18.2 Å². The molecule has 26 heavy (non-hydrogen) atoms. The van der Waals surface area contributed by atoms with Crippen molar-refractivity contribution in [2.75, 3.05) is 6.54 Å². The molecule has 2 aromatic carbocycles. The first-order chi connectivity index (χ1) is 12.5. The number of H-pyrrole nitrogens is 1. The summed E-state index contributed by atoms with van der Waals surface area (Å²) in [7, 11) is 0. The van der Waals surface area contributed by atoms with Crippen LogP contribution in [0.1, 0.15) is 27.2 Å². The van der Waals surface area contributed by atoms with E-state index in [9.17, 15) is 14.9 Å². The maximum Gasteiger partial charge on any atom is 0.285 e. The second-order valence-corrected chi connectivity index (χ2v) is 6.91. The predicted molar refractivity (Wildman–Crippen MR) is 99.6 cm³/mol. The Morgan fingerprint density at radius 1 is 1.31 bits per heavy atom. The van der Waals surface area contributed by atoms with Crippen molar-refractivity contribution in [2.24, 2.45) is 0 Å². The van der Waals surface area contributed by atoms with E-state index in [2.05, 4.69) is 4.98 Å². The highest BCUT2D eigenvalue weighted by Gasteiger charge is 2.29. The number of carbonyl (C=O) groups is 1. The lowest BCUT2D eigenvalue weighted by atomic mass is 10.0. The highest BCUT2D eigenvalue weighted by molar-refractivity contribution is 6.31. The molecule has 7 heteroatoms. The number of aromatic amines is 1. The summed E-state index contributed by atoms with van der Waals surface area (Å²) in [5.74, 6) is -0.317. The first-order valence-corrected chi connectivity index (χ1v) is 8.66. The smallest absolute Gasteiger partial charge is 0.285 e. The molecular weight excluding hydrogens is 354 g/mol. The van der Waals surface area contributed by atoms with Crippen LogP contribution in [-0.4, -0.2) is 27.3 Å². The number of amides is 1. The number of nitrogens with one attached hydrogen (secondary N) is 1. The molecule has 4 rings (SSSR count). The number of hydrogen-bond acceptors (Lipinski definition) is 3. The molecule has 0 spiro atoms. The van der Waals surface area contributed by atoms with Gasteiger partial charge in [-0.15, -0.1) is 0 Å². The van der Waals surface area contributed by atoms with Crippen LogP contribution in [0.4, 0.5) is 5.69 Å². The second kappa shape index (κ2) is 6.14. The average molecular weight is 370 g/mol. The fourth-order valence-corrected chi connectivity index (χ4v) is 3.78. The Hall–Kier alpha value is -2.86. The van der Waals surface area contributed by atoms with Gasteiger partial charge in [0.05, 0.1) is 4.92 Å². The van der Waals surface area contributed by atoms with Gasteiger partial charge in [0, 0.05) is 52.3 Å². The van der Waals surface area contributed by atoms with Crippen LogP contribution in [0.2, 0.25) is 5.02 Å². The lowest BCUT2D eigenvalue weighted by Crippen LogP contribution is -2.36. The molecule has 0 unspecified atom stereocenters. The van der Waals surface area contributed by atoms with Crippen molar-refractivity contribution in [1.82, 2.24) is 9.88 Å². The summed E-state index contributed by atoms with van der Waals surface area (Å²) < 4.78 is 0. The number of nitrogens with zero attached hydrogens (tertiary/aromatic N) is 2. The Morgan fingerprint density at radius 3 is 2.88 bits per heavy atom. The van der Waals surface area contributed by atoms with E-state index in [-0.39, 0.29) is 17.2 Å². The molecule has 0 fully saturated rings. The van der Waals surface area contributed by atoms with Gasteiger partial charge in [0.15, 0.2) is 0 Å². The van der Waals surface area contributed by atoms with Gasteiger partial charge in [-0.3, -0.25) is 14.9 Å². The molecule has 132 valence electrons. The van der Waals surface area contributed by atoms with E-state index < -0.39 is 4.92 Å². The highest BCUT2D eigenvalue weighted by atomic mass is 35.5. The molecule has 0 saturated heterocycles. The number of para-hydroxylation sites is 1. The zero-order valence-electron chi connectivity index (χ0n) is 14.1. The number of fused-ring (bicyclic) bond motifs is 3. The van der Waals surface area contributed by atoms with Crippen molar-refractivity contribution in [3.8, 4) is 0 Å². The Labute approximate surface area is 154 Å². The van der Waals surface area contributed by atoms with E-state index >= 15 is 0 Å². The first-order valence-electron chi connectivity index (χ1n) is 8.28. The molecule has 0 saturated carbocycles. The largest absolute Gasteiger partial charge is 0.358 e. The van der Waals surface area contributed by atoms with Crippen LogP contribution < -0.4 is 0 Å². The van der Waals surface area contributed by atoms with Gasteiger partial charge in [-0.2, -0.15) is 0 Å². The minimum Gasteiger partial charge on any atom is -0.358 e. The fourth-order valence-electron chi connectivity index (χ4n) is 3.60. The number of halogens is 1. The van der Waals surface area contributed by atoms with Crippen molar-refractivity contribution < 1.29 is 9.72 Å². The lowest BCUT2D eigenvalue weighted by molar-refractivity contribution is -0.385. The van der Waals surface area contributed by atoms with Crippen molar-refractivity contribution in [1.29, 1.82) is 0 Å². The number of benzene rings is 2. The molecule has 1 aliphatic rings. The number of nitro benzene ring substituents is 1. The highest BCUT2D eigenvalue weighted by Crippen LogP contribution is 2.31. The monoisotopic (exact) mass is 369 g/mol. The van der Waals surface area contributed by atoms with Crippen molar-refractivity contribution >= 4 is 34.1 Å². The van der Waals surface area contributed by atoms with Crippen LogP contribution in [0.3, 0.4) is 0 Å². The van der Waals surface area contributed by atoms with E-state index in [0.717, 1.165) is 22.2 Å². The molecule has 1 aromatic heterocycles. The summed E-state index contributed by atoms with van der Waals surface area (Å²) in [6, 6.07) is 10.5. The third-order valence-corrected chi connectivity index (χ3v) is 5.11. The number of hydrogen-bond donors (Lipinski definition) is 1. The molecule has 6 nitrogen and oxygen atoms in total. The zero-order chi connectivity index (χ0) is 18.4. The summed E-state index contributed by atoms with van der Waals surface area (Å²) in [5, 5.41) is 13.0. The molecule has 2 heterocycles. The summed E-state index contributed by atoms with van der Waals surface area (Å²) in [5.41, 5.74) is 3.59. The van der Waals surface area contributed by atoms with Crippen LogP contribution in [0, 0.1) is 17.0 Å². The average Bonchev–Trinajstić information content (AvgIpc) is 2.97. The number of carbonyl (C=O) groups excluding carboxylic acids is 1. The standard InChI is InChI=1S/C19H16ClN3O3/c1-11-3-2-4-13(18(11)23(25)26)19(24)22-8-7-17-15(10-22)14-9-12(20)5-6-16(14)21-17/h2-6,9,21H,7-8,10H2,1H3. The van der Waals surface area contributed by atoms with Crippen molar-refractivity contribution in [3.63, 3.8) is 0 Å². The number of aryl methyl sites for hydroxylation is 1. The number of aromatic nitrogens is 1.